The highest BCUT2D eigenvalue weighted by Crippen LogP contribution is 1.98. The van der Waals surface area contributed by atoms with Gasteiger partial charge in [-0.25, -0.2) is 4.79 Å². The van der Waals surface area contributed by atoms with Crippen molar-refractivity contribution in [1.29, 1.82) is 0 Å². The number of urea groups is 1. The van der Waals surface area contributed by atoms with Crippen LogP contribution in [0, 0.1) is 0 Å². The van der Waals surface area contributed by atoms with Gasteiger partial charge in [-0.05, 0) is 24.9 Å². The normalized spacial score (nSPS) is 15.6. The minimum Gasteiger partial charge on any atom is -0.379 e. The Morgan fingerprint density at radius 1 is 1.10 bits per heavy atom. The number of rotatable bonds is 7. The maximum atomic E-state index is 11.6. The summed E-state index contributed by atoms with van der Waals surface area (Å²) in [5, 5.41) is 5.79. The van der Waals surface area contributed by atoms with Crippen molar-refractivity contribution in [2.45, 2.75) is 12.8 Å². The first-order chi connectivity index (χ1) is 10.3. The molecule has 0 unspecified atom stereocenters. The molecule has 0 saturated carbocycles. The highest BCUT2D eigenvalue weighted by molar-refractivity contribution is 5.73. The zero-order valence-corrected chi connectivity index (χ0v) is 12.5. The number of carbonyl (C=O) groups excluding carboxylic acids is 1. The lowest BCUT2D eigenvalue weighted by Gasteiger charge is -2.26. The Hall–Kier alpha value is -1.59. The van der Waals surface area contributed by atoms with E-state index >= 15 is 0 Å². The third-order valence-electron chi connectivity index (χ3n) is 3.58. The molecule has 2 amide bonds. The van der Waals surface area contributed by atoms with Crippen LogP contribution in [0.1, 0.15) is 12.0 Å². The van der Waals surface area contributed by atoms with Gasteiger partial charge in [-0.3, -0.25) is 4.90 Å². The molecule has 5 nitrogen and oxygen atoms in total. The smallest absolute Gasteiger partial charge is 0.314 e. The standard InChI is InChI=1S/C16H25N3O2/c20-16(18-9-7-15-5-2-1-3-6-15)17-8-4-10-19-11-13-21-14-12-19/h1-3,5-6H,4,7-14H2,(H2,17,18,20). The molecule has 0 aromatic heterocycles. The molecule has 5 heteroatoms. The van der Waals surface area contributed by atoms with E-state index in [4.69, 9.17) is 4.74 Å². The predicted molar refractivity (Wildman–Crippen MR) is 83.4 cm³/mol. The minimum absolute atomic E-state index is 0.0760. The molecule has 0 bridgehead atoms. The summed E-state index contributed by atoms with van der Waals surface area (Å²) in [5.41, 5.74) is 1.24. The average molecular weight is 291 g/mol. The molecule has 0 spiro atoms. The number of morpholine rings is 1. The molecular formula is C16H25N3O2. The van der Waals surface area contributed by atoms with E-state index in [-0.39, 0.29) is 6.03 Å². The van der Waals surface area contributed by atoms with Crippen LogP contribution < -0.4 is 10.6 Å². The summed E-state index contributed by atoms with van der Waals surface area (Å²) >= 11 is 0. The van der Waals surface area contributed by atoms with Crippen molar-refractivity contribution in [2.24, 2.45) is 0 Å². The van der Waals surface area contributed by atoms with Crippen molar-refractivity contribution in [2.75, 3.05) is 45.9 Å². The van der Waals surface area contributed by atoms with E-state index in [0.29, 0.717) is 13.1 Å². The maximum Gasteiger partial charge on any atom is 0.314 e. The second-order valence-electron chi connectivity index (χ2n) is 5.23. The summed E-state index contributed by atoms with van der Waals surface area (Å²) in [6.45, 7) is 6.06. The van der Waals surface area contributed by atoms with Gasteiger partial charge in [-0.2, -0.15) is 0 Å². The molecule has 116 valence electrons. The Kier molecular flexibility index (Phi) is 7.04. The fraction of sp³-hybridized carbons (Fsp3) is 0.562. The SMILES string of the molecule is O=C(NCCCN1CCOCC1)NCCc1ccccc1. The Morgan fingerprint density at radius 2 is 1.81 bits per heavy atom. The Morgan fingerprint density at radius 3 is 2.57 bits per heavy atom. The number of nitrogens with zero attached hydrogens (tertiary/aromatic N) is 1. The quantitative estimate of drug-likeness (QED) is 0.744. The van der Waals surface area contributed by atoms with Gasteiger partial charge in [0.05, 0.1) is 13.2 Å². The van der Waals surface area contributed by atoms with Gasteiger partial charge in [-0.1, -0.05) is 30.3 Å². The van der Waals surface area contributed by atoms with Gasteiger partial charge in [0.2, 0.25) is 0 Å². The van der Waals surface area contributed by atoms with E-state index < -0.39 is 0 Å². The summed E-state index contributed by atoms with van der Waals surface area (Å²) in [4.78, 5) is 14.0. The molecule has 2 rings (SSSR count). The highest BCUT2D eigenvalue weighted by atomic mass is 16.5. The number of hydrogen-bond donors (Lipinski definition) is 2. The number of nitrogens with one attached hydrogen (secondary N) is 2. The number of ether oxygens (including phenoxy) is 1. The fourth-order valence-electron chi connectivity index (χ4n) is 2.36. The number of amides is 2. The van der Waals surface area contributed by atoms with Crippen molar-refractivity contribution >= 4 is 6.03 Å². The van der Waals surface area contributed by atoms with Gasteiger partial charge in [0.1, 0.15) is 0 Å². The molecule has 0 radical (unpaired) electrons. The van der Waals surface area contributed by atoms with Crippen LogP contribution in [0.15, 0.2) is 30.3 Å². The van der Waals surface area contributed by atoms with Gasteiger partial charge in [-0.15, -0.1) is 0 Å². The second-order valence-corrected chi connectivity index (χ2v) is 5.23. The molecule has 1 saturated heterocycles. The molecule has 2 N–H and O–H groups in total. The molecular weight excluding hydrogens is 266 g/mol. The van der Waals surface area contributed by atoms with Crippen LogP contribution in [0.25, 0.3) is 0 Å². The zero-order chi connectivity index (χ0) is 14.8. The van der Waals surface area contributed by atoms with Crippen LogP contribution in [-0.2, 0) is 11.2 Å². The van der Waals surface area contributed by atoms with Crippen molar-refractivity contribution in [3.8, 4) is 0 Å². The van der Waals surface area contributed by atoms with Crippen LogP contribution in [-0.4, -0.2) is 56.9 Å². The molecule has 1 aliphatic rings. The van der Waals surface area contributed by atoms with E-state index in [9.17, 15) is 4.79 Å². The van der Waals surface area contributed by atoms with Crippen molar-refractivity contribution in [3.63, 3.8) is 0 Å². The van der Waals surface area contributed by atoms with Crippen molar-refractivity contribution < 1.29 is 9.53 Å². The third kappa shape index (κ3) is 6.60. The van der Waals surface area contributed by atoms with Gasteiger partial charge in [0.25, 0.3) is 0 Å². The Labute approximate surface area is 126 Å². The summed E-state index contributed by atoms with van der Waals surface area (Å²) in [6, 6.07) is 10.1. The van der Waals surface area contributed by atoms with E-state index in [2.05, 4.69) is 27.7 Å². The molecule has 1 aliphatic heterocycles. The number of hydrogen-bond acceptors (Lipinski definition) is 3. The average Bonchev–Trinajstić information content (AvgIpc) is 2.54. The minimum atomic E-state index is -0.0760. The topological polar surface area (TPSA) is 53.6 Å². The van der Waals surface area contributed by atoms with Crippen LogP contribution in [0.3, 0.4) is 0 Å². The molecule has 0 atom stereocenters. The largest absolute Gasteiger partial charge is 0.379 e. The van der Waals surface area contributed by atoms with Crippen LogP contribution in [0.5, 0.6) is 0 Å². The second kappa shape index (κ2) is 9.37. The number of benzene rings is 1. The van der Waals surface area contributed by atoms with Crippen LogP contribution in [0.2, 0.25) is 0 Å². The zero-order valence-electron chi connectivity index (χ0n) is 12.5. The first kappa shape index (κ1) is 15.8. The lowest BCUT2D eigenvalue weighted by molar-refractivity contribution is 0.0375. The van der Waals surface area contributed by atoms with Crippen molar-refractivity contribution in [1.82, 2.24) is 15.5 Å². The van der Waals surface area contributed by atoms with E-state index in [0.717, 1.165) is 45.7 Å². The van der Waals surface area contributed by atoms with Gasteiger partial charge in [0, 0.05) is 26.2 Å². The molecule has 1 fully saturated rings. The fourth-order valence-corrected chi connectivity index (χ4v) is 2.36. The summed E-state index contributed by atoms with van der Waals surface area (Å²) < 4.78 is 5.30. The first-order valence-electron chi connectivity index (χ1n) is 7.70. The lowest BCUT2D eigenvalue weighted by Crippen LogP contribution is -2.40. The molecule has 0 aliphatic carbocycles. The van der Waals surface area contributed by atoms with Gasteiger partial charge >= 0.3 is 6.03 Å². The van der Waals surface area contributed by atoms with E-state index in [1.165, 1.54) is 5.56 Å². The summed E-state index contributed by atoms with van der Waals surface area (Å²) in [5.74, 6) is 0. The monoisotopic (exact) mass is 291 g/mol. The van der Waals surface area contributed by atoms with E-state index in [1.807, 2.05) is 18.2 Å². The first-order valence-corrected chi connectivity index (χ1v) is 7.70. The lowest BCUT2D eigenvalue weighted by atomic mass is 10.1. The van der Waals surface area contributed by atoms with E-state index in [1.54, 1.807) is 0 Å². The predicted octanol–water partition coefficient (Wildman–Crippen LogP) is 1.25. The van der Waals surface area contributed by atoms with Gasteiger partial charge in [0.15, 0.2) is 0 Å². The molecule has 1 aromatic rings. The summed E-state index contributed by atoms with van der Waals surface area (Å²) in [7, 11) is 0. The Balaban J connectivity index is 1.47. The van der Waals surface area contributed by atoms with Gasteiger partial charge < -0.3 is 15.4 Å². The maximum absolute atomic E-state index is 11.6. The number of carbonyl (C=O) groups is 1. The Bertz CT molecular complexity index is 405. The summed E-state index contributed by atoms with van der Waals surface area (Å²) in [6.07, 6.45) is 1.84. The van der Waals surface area contributed by atoms with Crippen LogP contribution in [0.4, 0.5) is 4.79 Å². The molecule has 1 heterocycles. The van der Waals surface area contributed by atoms with Crippen LogP contribution >= 0.6 is 0 Å². The van der Waals surface area contributed by atoms with Crippen molar-refractivity contribution in [3.05, 3.63) is 35.9 Å². The highest BCUT2D eigenvalue weighted by Gasteiger charge is 2.09. The molecule has 21 heavy (non-hydrogen) atoms. The third-order valence-corrected chi connectivity index (χ3v) is 3.58. The molecule has 1 aromatic carbocycles.